The van der Waals surface area contributed by atoms with Crippen LogP contribution < -0.4 is 0 Å². The molecule has 0 N–H and O–H groups in total. The number of rotatable bonds is 3. The van der Waals surface area contributed by atoms with Crippen molar-refractivity contribution in [3.05, 3.63) is 75.3 Å². The van der Waals surface area contributed by atoms with Crippen LogP contribution in [0.1, 0.15) is 16.7 Å². The van der Waals surface area contributed by atoms with Crippen LogP contribution in [-0.4, -0.2) is 4.92 Å². The fourth-order valence-corrected chi connectivity index (χ4v) is 1.77. The quantitative estimate of drug-likeness (QED) is 0.460. The monoisotopic (exact) mass is 239 g/mol. The van der Waals surface area contributed by atoms with Gasteiger partial charge in [-0.25, -0.2) is 0 Å². The average Bonchev–Trinajstić information content (AvgIpc) is 2.38. The summed E-state index contributed by atoms with van der Waals surface area (Å²) < 4.78 is 0. The molecule has 0 radical (unpaired) electrons. The summed E-state index contributed by atoms with van der Waals surface area (Å²) in [6.45, 7) is 1.77. The first-order valence-electron chi connectivity index (χ1n) is 5.65. The van der Waals surface area contributed by atoms with E-state index < -0.39 is 0 Å². The van der Waals surface area contributed by atoms with E-state index in [1.807, 2.05) is 48.6 Å². The van der Waals surface area contributed by atoms with Crippen LogP contribution in [0, 0.1) is 17.0 Å². The standard InChI is InChI=1S/C15H13NO2/c1-12-14(8-5-9-15(12)16(17)18)11-10-13-6-3-2-4-7-13/h2-11H,1H3/b11-10+. The lowest BCUT2D eigenvalue weighted by molar-refractivity contribution is -0.385. The molecule has 0 spiro atoms. The van der Waals surface area contributed by atoms with Crippen LogP contribution in [0.3, 0.4) is 0 Å². The van der Waals surface area contributed by atoms with Crippen LogP contribution in [0.4, 0.5) is 5.69 Å². The van der Waals surface area contributed by atoms with Gasteiger partial charge in [-0.2, -0.15) is 0 Å². The number of hydrogen-bond donors (Lipinski definition) is 0. The van der Waals surface area contributed by atoms with Gasteiger partial charge in [0.15, 0.2) is 0 Å². The van der Waals surface area contributed by atoms with E-state index >= 15 is 0 Å². The molecule has 0 aromatic heterocycles. The maximum Gasteiger partial charge on any atom is 0.272 e. The van der Waals surface area contributed by atoms with Gasteiger partial charge in [0.1, 0.15) is 0 Å². The van der Waals surface area contributed by atoms with Crippen molar-refractivity contribution >= 4 is 17.8 Å². The summed E-state index contributed by atoms with van der Waals surface area (Å²) in [6, 6.07) is 15.0. The van der Waals surface area contributed by atoms with Crippen molar-refractivity contribution in [2.24, 2.45) is 0 Å². The summed E-state index contributed by atoms with van der Waals surface area (Å²) in [5, 5.41) is 10.8. The smallest absolute Gasteiger partial charge is 0.258 e. The Morgan fingerprint density at radius 2 is 1.72 bits per heavy atom. The Morgan fingerprint density at radius 3 is 2.39 bits per heavy atom. The van der Waals surface area contributed by atoms with E-state index in [-0.39, 0.29) is 10.6 Å². The number of benzene rings is 2. The van der Waals surface area contributed by atoms with Gasteiger partial charge in [0.05, 0.1) is 4.92 Å². The van der Waals surface area contributed by atoms with E-state index in [2.05, 4.69) is 0 Å². The second-order valence-corrected chi connectivity index (χ2v) is 3.99. The Morgan fingerprint density at radius 1 is 1.00 bits per heavy atom. The molecule has 0 saturated carbocycles. The van der Waals surface area contributed by atoms with Gasteiger partial charge >= 0.3 is 0 Å². The Hall–Kier alpha value is -2.42. The van der Waals surface area contributed by atoms with Crippen LogP contribution in [0.15, 0.2) is 48.5 Å². The summed E-state index contributed by atoms with van der Waals surface area (Å²) in [5.41, 5.74) is 2.79. The van der Waals surface area contributed by atoms with E-state index in [0.717, 1.165) is 11.1 Å². The van der Waals surface area contributed by atoms with Crippen molar-refractivity contribution in [1.82, 2.24) is 0 Å². The van der Waals surface area contributed by atoms with Crippen molar-refractivity contribution < 1.29 is 4.92 Å². The van der Waals surface area contributed by atoms with Crippen molar-refractivity contribution in [3.8, 4) is 0 Å². The summed E-state index contributed by atoms with van der Waals surface area (Å²) in [4.78, 5) is 10.5. The normalized spacial score (nSPS) is 10.7. The molecule has 2 aromatic carbocycles. The Kier molecular flexibility index (Phi) is 3.53. The molecule has 0 saturated heterocycles. The van der Waals surface area contributed by atoms with Crippen molar-refractivity contribution in [1.29, 1.82) is 0 Å². The Balaban J connectivity index is 2.33. The zero-order chi connectivity index (χ0) is 13.0. The van der Waals surface area contributed by atoms with Gasteiger partial charge in [-0.15, -0.1) is 0 Å². The second-order valence-electron chi connectivity index (χ2n) is 3.99. The highest BCUT2D eigenvalue weighted by molar-refractivity contribution is 5.72. The van der Waals surface area contributed by atoms with Gasteiger partial charge in [0.2, 0.25) is 0 Å². The zero-order valence-electron chi connectivity index (χ0n) is 10.0. The van der Waals surface area contributed by atoms with Gasteiger partial charge in [0, 0.05) is 11.6 Å². The molecule has 0 aliphatic heterocycles. The minimum atomic E-state index is -0.352. The molecule has 3 heteroatoms. The highest BCUT2D eigenvalue weighted by Gasteiger charge is 2.11. The second kappa shape index (κ2) is 5.27. The van der Waals surface area contributed by atoms with Crippen molar-refractivity contribution in [3.63, 3.8) is 0 Å². The summed E-state index contributed by atoms with van der Waals surface area (Å²) >= 11 is 0. The highest BCUT2D eigenvalue weighted by Crippen LogP contribution is 2.22. The summed E-state index contributed by atoms with van der Waals surface area (Å²) in [7, 11) is 0. The highest BCUT2D eigenvalue weighted by atomic mass is 16.6. The van der Waals surface area contributed by atoms with Gasteiger partial charge in [-0.1, -0.05) is 54.6 Å². The molecule has 2 aromatic rings. The molecule has 0 heterocycles. The third-order valence-corrected chi connectivity index (χ3v) is 2.80. The van der Waals surface area contributed by atoms with E-state index in [9.17, 15) is 10.1 Å². The van der Waals surface area contributed by atoms with E-state index in [4.69, 9.17) is 0 Å². The average molecular weight is 239 g/mol. The fourth-order valence-electron chi connectivity index (χ4n) is 1.77. The predicted molar refractivity (Wildman–Crippen MR) is 73.2 cm³/mol. The van der Waals surface area contributed by atoms with E-state index in [1.165, 1.54) is 6.07 Å². The van der Waals surface area contributed by atoms with Crippen LogP contribution >= 0.6 is 0 Å². The largest absolute Gasteiger partial charge is 0.272 e. The maximum atomic E-state index is 10.8. The van der Waals surface area contributed by atoms with Crippen molar-refractivity contribution in [2.45, 2.75) is 6.92 Å². The molecule has 18 heavy (non-hydrogen) atoms. The van der Waals surface area contributed by atoms with Gasteiger partial charge in [0.25, 0.3) is 5.69 Å². The molecule has 0 unspecified atom stereocenters. The van der Waals surface area contributed by atoms with E-state index in [1.54, 1.807) is 13.0 Å². The van der Waals surface area contributed by atoms with Gasteiger partial charge < -0.3 is 0 Å². The molecule has 0 fully saturated rings. The SMILES string of the molecule is Cc1c(/C=C/c2ccccc2)cccc1[N+](=O)[O-]. The van der Waals surface area contributed by atoms with Gasteiger partial charge in [-0.3, -0.25) is 10.1 Å². The number of nitrogens with zero attached hydrogens (tertiary/aromatic N) is 1. The maximum absolute atomic E-state index is 10.8. The lowest BCUT2D eigenvalue weighted by Gasteiger charge is -2.01. The zero-order valence-corrected chi connectivity index (χ0v) is 10.0. The summed E-state index contributed by atoms with van der Waals surface area (Å²) in [5.74, 6) is 0. The molecule has 0 atom stereocenters. The molecule has 90 valence electrons. The minimum Gasteiger partial charge on any atom is -0.258 e. The molecular formula is C15H13NO2. The predicted octanol–water partition coefficient (Wildman–Crippen LogP) is 4.07. The third-order valence-electron chi connectivity index (χ3n) is 2.80. The lowest BCUT2D eigenvalue weighted by atomic mass is 10.1. The number of nitro groups is 1. The minimum absolute atomic E-state index is 0.158. The molecule has 3 nitrogen and oxygen atoms in total. The van der Waals surface area contributed by atoms with Crippen LogP contribution in [0.5, 0.6) is 0 Å². The molecule has 0 aliphatic carbocycles. The van der Waals surface area contributed by atoms with Crippen LogP contribution in [-0.2, 0) is 0 Å². The number of hydrogen-bond acceptors (Lipinski definition) is 2. The first-order valence-corrected chi connectivity index (χ1v) is 5.65. The topological polar surface area (TPSA) is 43.1 Å². The Bertz CT molecular complexity index is 589. The van der Waals surface area contributed by atoms with E-state index in [0.29, 0.717) is 5.56 Å². The third kappa shape index (κ3) is 2.63. The molecule has 0 amide bonds. The number of nitro benzene ring substituents is 1. The summed E-state index contributed by atoms with van der Waals surface area (Å²) in [6.07, 6.45) is 3.85. The molecule has 0 bridgehead atoms. The Labute approximate surface area is 106 Å². The lowest BCUT2D eigenvalue weighted by Crippen LogP contribution is -1.92. The first-order chi connectivity index (χ1) is 8.68. The fraction of sp³-hybridized carbons (Fsp3) is 0.0667. The molecule has 2 rings (SSSR count). The van der Waals surface area contributed by atoms with Crippen molar-refractivity contribution in [2.75, 3.05) is 0 Å². The van der Waals surface area contributed by atoms with Crippen LogP contribution in [0.2, 0.25) is 0 Å². The van der Waals surface area contributed by atoms with Gasteiger partial charge in [-0.05, 0) is 18.1 Å². The molecular weight excluding hydrogens is 226 g/mol. The van der Waals surface area contributed by atoms with Crippen LogP contribution in [0.25, 0.3) is 12.2 Å². The first kappa shape index (κ1) is 12.0. The molecule has 0 aliphatic rings.